The number of likely N-dealkylation sites (tertiary alicyclic amines) is 1. The Morgan fingerprint density at radius 3 is 2.69 bits per heavy atom. The molecule has 1 N–H and O–H groups in total. The summed E-state index contributed by atoms with van der Waals surface area (Å²) in [6.07, 6.45) is 1.93. The van der Waals surface area contributed by atoms with Gasteiger partial charge in [-0.25, -0.2) is 0 Å². The van der Waals surface area contributed by atoms with Crippen molar-refractivity contribution in [2.24, 2.45) is 0 Å². The maximum Gasteiger partial charge on any atom is 0.244 e. The summed E-state index contributed by atoms with van der Waals surface area (Å²) in [5.41, 5.74) is 1.86. The molecule has 2 heterocycles. The Morgan fingerprint density at radius 1 is 1.31 bits per heavy atom. The minimum Gasteiger partial charge on any atom is -0.372 e. The maximum absolute atomic E-state index is 13.2. The van der Waals surface area contributed by atoms with E-state index in [2.05, 4.69) is 11.4 Å². The summed E-state index contributed by atoms with van der Waals surface area (Å²) in [5.74, 6) is 0.181. The molecule has 2 aliphatic heterocycles. The highest BCUT2D eigenvalue weighted by atomic mass is 16.5. The number of nitrogens with one attached hydrogen (secondary N) is 1. The minimum absolute atomic E-state index is 0.0486. The zero-order valence-electron chi connectivity index (χ0n) is 16.0. The van der Waals surface area contributed by atoms with Gasteiger partial charge in [0.2, 0.25) is 11.8 Å². The number of piperidine rings is 1. The molecule has 26 heavy (non-hydrogen) atoms. The van der Waals surface area contributed by atoms with Crippen molar-refractivity contribution in [1.82, 2.24) is 15.1 Å². The number of rotatable bonds is 3. The largest absolute Gasteiger partial charge is 0.372 e. The van der Waals surface area contributed by atoms with E-state index in [1.165, 1.54) is 0 Å². The normalized spacial score (nSPS) is 21.4. The van der Waals surface area contributed by atoms with Crippen LogP contribution in [0.15, 0.2) is 24.3 Å². The summed E-state index contributed by atoms with van der Waals surface area (Å²) in [4.78, 5) is 28.7. The molecule has 1 aromatic carbocycles. The summed E-state index contributed by atoms with van der Waals surface area (Å²) in [7, 11) is 3.89. The van der Waals surface area contributed by atoms with E-state index in [1.54, 1.807) is 0 Å². The molecule has 6 heteroatoms. The fourth-order valence-corrected chi connectivity index (χ4v) is 3.89. The second kappa shape index (κ2) is 7.76. The van der Waals surface area contributed by atoms with Gasteiger partial charge in [-0.3, -0.25) is 14.5 Å². The lowest BCUT2D eigenvalue weighted by molar-refractivity contribution is -0.142. The summed E-state index contributed by atoms with van der Waals surface area (Å²) >= 11 is 0. The first kappa shape index (κ1) is 18.9. The fourth-order valence-electron chi connectivity index (χ4n) is 3.89. The standard InChI is InChI=1S/C20H29N3O3/c1-15-5-4-6-16(13-15)18(22(2)3)19(25)23-10-8-20(9-11-23)14-21-17(24)7-12-26-20/h4-6,13,18H,7-12,14H2,1-3H3,(H,21,24). The van der Waals surface area contributed by atoms with Crippen molar-refractivity contribution >= 4 is 11.8 Å². The first-order valence-electron chi connectivity index (χ1n) is 9.33. The summed E-state index contributed by atoms with van der Waals surface area (Å²) in [5, 5.41) is 2.95. The highest BCUT2D eigenvalue weighted by molar-refractivity contribution is 5.83. The van der Waals surface area contributed by atoms with E-state index in [-0.39, 0.29) is 23.5 Å². The molecular weight excluding hydrogens is 330 g/mol. The molecule has 2 amide bonds. The zero-order valence-corrected chi connectivity index (χ0v) is 16.0. The van der Waals surface area contributed by atoms with Gasteiger partial charge in [0.15, 0.2) is 0 Å². The molecule has 3 rings (SSSR count). The second-order valence-electron chi connectivity index (χ2n) is 7.66. The minimum atomic E-state index is -0.320. The Morgan fingerprint density at radius 2 is 2.04 bits per heavy atom. The van der Waals surface area contributed by atoms with E-state index in [4.69, 9.17) is 4.74 Å². The summed E-state index contributed by atoms with van der Waals surface area (Å²) in [6.45, 7) is 4.37. The van der Waals surface area contributed by atoms with Gasteiger partial charge < -0.3 is 15.0 Å². The van der Waals surface area contributed by atoms with Gasteiger partial charge in [-0.2, -0.15) is 0 Å². The van der Waals surface area contributed by atoms with Crippen molar-refractivity contribution < 1.29 is 14.3 Å². The SMILES string of the molecule is Cc1cccc(C(C(=O)N2CCC3(CC2)CNC(=O)CCO3)N(C)C)c1. The lowest BCUT2D eigenvalue weighted by atomic mass is 9.90. The lowest BCUT2D eigenvalue weighted by Gasteiger charge is -2.42. The molecule has 1 aromatic rings. The van der Waals surface area contributed by atoms with Gasteiger partial charge in [-0.05, 0) is 39.4 Å². The second-order valence-corrected chi connectivity index (χ2v) is 7.66. The monoisotopic (exact) mass is 359 g/mol. The molecule has 2 aliphatic rings. The van der Waals surface area contributed by atoms with Crippen LogP contribution in [0.3, 0.4) is 0 Å². The fraction of sp³-hybridized carbons (Fsp3) is 0.600. The van der Waals surface area contributed by atoms with Gasteiger partial charge in [0.25, 0.3) is 0 Å². The van der Waals surface area contributed by atoms with Crippen LogP contribution in [0.5, 0.6) is 0 Å². The van der Waals surface area contributed by atoms with E-state index < -0.39 is 0 Å². The van der Waals surface area contributed by atoms with Crippen molar-refractivity contribution in [3.05, 3.63) is 35.4 Å². The average Bonchev–Trinajstić information content (AvgIpc) is 2.77. The molecule has 0 bridgehead atoms. The van der Waals surface area contributed by atoms with Gasteiger partial charge in [0.1, 0.15) is 6.04 Å². The van der Waals surface area contributed by atoms with Crippen LogP contribution >= 0.6 is 0 Å². The summed E-state index contributed by atoms with van der Waals surface area (Å²) in [6, 6.07) is 7.87. The Bertz CT molecular complexity index is 666. The molecule has 0 radical (unpaired) electrons. The average molecular weight is 359 g/mol. The number of amides is 2. The van der Waals surface area contributed by atoms with Crippen molar-refractivity contribution in [3.8, 4) is 0 Å². The van der Waals surface area contributed by atoms with E-state index in [1.807, 2.05) is 49.0 Å². The molecule has 142 valence electrons. The van der Waals surface area contributed by atoms with Crippen LogP contribution in [0.2, 0.25) is 0 Å². The molecule has 6 nitrogen and oxygen atoms in total. The van der Waals surface area contributed by atoms with Crippen molar-refractivity contribution in [2.75, 3.05) is 40.3 Å². The number of hydrogen-bond acceptors (Lipinski definition) is 4. The number of benzene rings is 1. The number of nitrogens with zero attached hydrogens (tertiary/aromatic N) is 2. The Labute approximate surface area is 155 Å². The molecule has 0 aliphatic carbocycles. The molecule has 1 unspecified atom stereocenters. The quantitative estimate of drug-likeness (QED) is 0.888. The number of likely N-dealkylation sites (N-methyl/N-ethyl adjacent to an activating group) is 1. The van der Waals surface area contributed by atoms with E-state index in [9.17, 15) is 9.59 Å². The van der Waals surface area contributed by atoms with E-state index >= 15 is 0 Å². The van der Waals surface area contributed by atoms with Crippen molar-refractivity contribution in [1.29, 1.82) is 0 Å². The molecule has 1 atom stereocenters. The molecule has 0 saturated carbocycles. The maximum atomic E-state index is 13.2. The number of carbonyl (C=O) groups excluding carboxylic acids is 2. The summed E-state index contributed by atoms with van der Waals surface area (Å²) < 4.78 is 6.01. The first-order chi connectivity index (χ1) is 12.4. The predicted octanol–water partition coefficient (Wildman–Crippen LogP) is 1.50. The third-order valence-corrected chi connectivity index (χ3v) is 5.44. The topological polar surface area (TPSA) is 61.9 Å². The molecule has 2 fully saturated rings. The van der Waals surface area contributed by atoms with Crippen LogP contribution in [0, 0.1) is 6.92 Å². The first-order valence-corrected chi connectivity index (χ1v) is 9.33. The Hall–Kier alpha value is -1.92. The van der Waals surface area contributed by atoms with Crippen molar-refractivity contribution in [2.45, 2.75) is 37.8 Å². The third-order valence-electron chi connectivity index (χ3n) is 5.44. The highest BCUT2D eigenvalue weighted by Crippen LogP contribution is 2.30. The van der Waals surface area contributed by atoms with Crippen LogP contribution < -0.4 is 5.32 Å². The van der Waals surface area contributed by atoms with Gasteiger partial charge >= 0.3 is 0 Å². The molecule has 2 saturated heterocycles. The van der Waals surface area contributed by atoms with Crippen LogP contribution in [-0.2, 0) is 14.3 Å². The van der Waals surface area contributed by atoms with Crippen LogP contribution in [0.4, 0.5) is 0 Å². The van der Waals surface area contributed by atoms with Gasteiger partial charge in [0.05, 0.1) is 12.2 Å². The van der Waals surface area contributed by atoms with Crippen molar-refractivity contribution in [3.63, 3.8) is 0 Å². The Balaban J connectivity index is 1.69. The number of hydrogen-bond donors (Lipinski definition) is 1. The zero-order chi connectivity index (χ0) is 18.7. The van der Waals surface area contributed by atoms with E-state index in [0.717, 1.165) is 24.0 Å². The lowest BCUT2D eigenvalue weighted by Crippen LogP contribution is -2.53. The van der Waals surface area contributed by atoms with Crippen LogP contribution in [0.25, 0.3) is 0 Å². The number of aryl methyl sites for hydroxylation is 1. The predicted molar refractivity (Wildman–Crippen MR) is 99.7 cm³/mol. The van der Waals surface area contributed by atoms with Gasteiger partial charge in [-0.15, -0.1) is 0 Å². The van der Waals surface area contributed by atoms with Gasteiger partial charge in [-0.1, -0.05) is 29.8 Å². The van der Waals surface area contributed by atoms with E-state index in [0.29, 0.717) is 32.7 Å². The Kier molecular flexibility index (Phi) is 5.63. The molecule has 1 spiro atoms. The number of ether oxygens (including phenoxy) is 1. The van der Waals surface area contributed by atoms with Gasteiger partial charge in [0, 0.05) is 26.1 Å². The molecular formula is C20H29N3O3. The van der Waals surface area contributed by atoms with Crippen LogP contribution in [-0.4, -0.2) is 67.6 Å². The highest BCUT2D eigenvalue weighted by Gasteiger charge is 2.40. The smallest absolute Gasteiger partial charge is 0.244 e. The molecule has 0 aromatic heterocycles. The van der Waals surface area contributed by atoms with Crippen LogP contribution in [0.1, 0.15) is 36.4 Å². The number of carbonyl (C=O) groups is 2. The third kappa shape index (κ3) is 4.07.